The van der Waals surface area contributed by atoms with Gasteiger partial charge in [0.15, 0.2) is 0 Å². The molecule has 0 saturated carbocycles. The highest BCUT2D eigenvalue weighted by Gasteiger charge is 2.30. The first-order valence-electron chi connectivity index (χ1n) is 7.05. The number of anilines is 1. The van der Waals surface area contributed by atoms with Crippen LogP contribution < -0.4 is 10.9 Å². The summed E-state index contributed by atoms with van der Waals surface area (Å²) in [6, 6.07) is 8.94. The van der Waals surface area contributed by atoms with Crippen LogP contribution in [0.3, 0.4) is 0 Å². The van der Waals surface area contributed by atoms with Gasteiger partial charge in [-0.25, -0.2) is 4.39 Å². The normalized spacial score (nSPS) is 11.5. The number of hydrogen-bond acceptors (Lipinski definition) is 2. The van der Waals surface area contributed by atoms with Crippen LogP contribution in [0.25, 0.3) is 10.9 Å². The summed E-state index contributed by atoms with van der Waals surface area (Å²) in [5.41, 5.74) is -1.88. The third kappa shape index (κ3) is 3.52. The Morgan fingerprint density at radius 1 is 1.04 bits per heavy atom. The molecule has 0 spiro atoms. The van der Waals surface area contributed by atoms with E-state index in [1.54, 1.807) is 0 Å². The molecule has 0 saturated heterocycles. The molecular weight excluding hydrogens is 340 g/mol. The summed E-state index contributed by atoms with van der Waals surface area (Å²) in [4.78, 5) is 26.6. The number of H-pyrrole nitrogens is 1. The predicted molar refractivity (Wildman–Crippen MR) is 83.9 cm³/mol. The maximum Gasteiger partial charge on any atom is 0.416 e. The lowest BCUT2D eigenvalue weighted by atomic mass is 10.1. The van der Waals surface area contributed by atoms with Crippen molar-refractivity contribution in [3.63, 3.8) is 0 Å². The average Bonchev–Trinajstić information content (AvgIpc) is 2.53. The maximum absolute atomic E-state index is 13.2. The van der Waals surface area contributed by atoms with Crippen molar-refractivity contribution in [1.82, 2.24) is 4.98 Å². The number of hydrogen-bond donors (Lipinski definition) is 2. The van der Waals surface area contributed by atoms with E-state index in [1.165, 1.54) is 18.2 Å². The van der Waals surface area contributed by atoms with Gasteiger partial charge in [-0.15, -0.1) is 0 Å². The number of pyridine rings is 1. The van der Waals surface area contributed by atoms with Gasteiger partial charge in [0, 0.05) is 5.69 Å². The molecule has 0 bridgehead atoms. The van der Waals surface area contributed by atoms with Crippen LogP contribution in [-0.2, 0) is 6.18 Å². The Hall–Kier alpha value is -3.16. The van der Waals surface area contributed by atoms with Crippen LogP contribution in [0.1, 0.15) is 15.9 Å². The number of carbonyl (C=O) groups is 1. The van der Waals surface area contributed by atoms with Gasteiger partial charge in [0.2, 0.25) is 0 Å². The molecule has 25 heavy (non-hydrogen) atoms. The highest BCUT2D eigenvalue weighted by molar-refractivity contribution is 6.05. The molecule has 128 valence electrons. The van der Waals surface area contributed by atoms with Gasteiger partial charge >= 0.3 is 6.18 Å². The molecule has 4 nitrogen and oxygen atoms in total. The minimum absolute atomic E-state index is 0.0987. The van der Waals surface area contributed by atoms with Crippen molar-refractivity contribution in [2.24, 2.45) is 0 Å². The molecule has 0 aliphatic carbocycles. The van der Waals surface area contributed by atoms with Gasteiger partial charge in [-0.1, -0.05) is 6.07 Å². The molecule has 3 rings (SSSR count). The quantitative estimate of drug-likeness (QED) is 0.688. The minimum atomic E-state index is -4.55. The first kappa shape index (κ1) is 16.7. The first-order chi connectivity index (χ1) is 11.7. The first-order valence-corrected chi connectivity index (χ1v) is 7.05. The second-order valence-corrected chi connectivity index (χ2v) is 5.28. The summed E-state index contributed by atoms with van der Waals surface area (Å²) in [6.07, 6.45) is -4.55. The summed E-state index contributed by atoms with van der Waals surface area (Å²) < 4.78 is 51.3. The summed E-state index contributed by atoms with van der Waals surface area (Å²) >= 11 is 0. The number of halogens is 4. The highest BCUT2D eigenvalue weighted by Crippen LogP contribution is 2.30. The van der Waals surface area contributed by atoms with Gasteiger partial charge < -0.3 is 10.3 Å². The molecule has 8 heteroatoms. The molecule has 1 heterocycles. The number of aromatic nitrogens is 1. The minimum Gasteiger partial charge on any atom is -0.322 e. The second-order valence-electron chi connectivity index (χ2n) is 5.28. The van der Waals surface area contributed by atoms with Crippen LogP contribution in [0, 0.1) is 5.82 Å². The fraction of sp³-hybridized carbons (Fsp3) is 0.0588. The van der Waals surface area contributed by atoms with Crippen molar-refractivity contribution < 1.29 is 22.4 Å². The molecule has 0 radical (unpaired) electrons. The number of alkyl halides is 3. The maximum atomic E-state index is 13.2. The van der Waals surface area contributed by atoms with Gasteiger partial charge in [-0.2, -0.15) is 13.2 Å². The number of rotatable bonds is 2. The van der Waals surface area contributed by atoms with Gasteiger partial charge in [-0.3, -0.25) is 9.59 Å². The van der Waals surface area contributed by atoms with Crippen molar-refractivity contribution in [3.8, 4) is 0 Å². The molecule has 0 aliphatic heterocycles. The SMILES string of the molecule is O=C(Nc1cccc(C(F)(F)F)c1)c1cc2ccc(F)cc2[nH]c1=O. The van der Waals surface area contributed by atoms with Crippen LogP contribution in [0.5, 0.6) is 0 Å². The molecule has 1 aromatic heterocycles. The van der Waals surface area contributed by atoms with Crippen LogP contribution in [0.2, 0.25) is 0 Å². The van der Waals surface area contributed by atoms with Crippen molar-refractivity contribution in [1.29, 1.82) is 0 Å². The monoisotopic (exact) mass is 350 g/mol. The fourth-order valence-corrected chi connectivity index (χ4v) is 2.31. The molecule has 0 aliphatic rings. The van der Waals surface area contributed by atoms with E-state index < -0.39 is 29.0 Å². The summed E-state index contributed by atoms with van der Waals surface area (Å²) in [6.45, 7) is 0. The molecule has 2 aromatic carbocycles. The Bertz CT molecular complexity index is 1030. The largest absolute Gasteiger partial charge is 0.416 e. The number of carbonyl (C=O) groups excluding carboxylic acids is 1. The average molecular weight is 350 g/mol. The lowest BCUT2D eigenvalue weighted by molar-refractivity contribution is -0.137. The van der Waals surface area contributed by atoms with E-state index in [-0.39, 0.29) is 16.8 Å². The summed E-state index contributed by atoms with van der Waals surface area (Å²) in [5.74, 6) is -1.42. The Labute approximate surface area is 138 Å². The zero-order valence-electron chi connectivity index (χ0n) is 12.4. The van der Waals surface area contributed by atoms with E-state index >= 15 is 0 Å². The smallest absolute Gasteiger partial charge is 0.322 e. The summed E-state index contributed by atoms with van der Waals surface area (Å²) in [7, 11) is 0. The van der Waals surface area contributed by atoms with E-state index in [9.17, 15) is 27.2 Å². The van der Waals surface area contributed by atoms with E-state index in [4.69, 9.17) is 0 Å². The number of nitrogens with one attached hydrogen (secondary N) is 2. The Morgan fingerprint density at radius 2 is 1.80 bits per heavy atom. The fourth-order valence-electron chi connectivity index (χ4n) is 2.31. The van der Waals surface area contributed by atoms with E-state index in [0.29, 0.717) is 5.39 Å². The molecule has 0 atom stereocenters. The van der Waals surface area contributed by atoms with Crippen LogP contribution >= 0.6 is 0 Å². The molecule has 0 fully saturated rings. The van der Waals surface area contributed by atoms with Crippen molar-refractivity contribution in [2.75, 3.05) is 5.32 Å². The lowest BCUT2D eigenvalue weighted by Gasteiger charge is -2.10. The zero-order chi connectivity index (χ0) is 18.2. The van der Waals surface area contributed by atoms with E-state index in [2.05, 4.69) is 10.3 Å². The van der Waals surface area contributed by atoms with Crippen molar-refractivity contribution in [3.05, 3.63) is 75.8 Å². The number of fused-ring (bicyclic) bond motifs is 1. The Kier molecular flexibility index (Phi) is 4.03. The lowest BCUT2D eigenvalue weighted by Crippen LogP contribution is -2.23. The summed E-state index contributed by atoms with van der Waals surface area (Å²) in [5, 5.41) is 2.67. The van der Waals surface area contributed by atoms with Crippen LogP contribution in [0.15, 0.2) is 53.3 Å². The molecule has 2 N–H and O–H groups in total. The Morgan fingerprint density at radius 3 is 2.52 bits per heavy atom. The van der Waals surface area contributed by atoms with E-state index in [0.717, 1.165) is 30.3 Å². The van der Waals surface area contributed by atoms with Crippen molar-refractivity contribution in [2.45, 2.75) is 6.18 Å². The highest BCUT2D eigenvalue weighted by atomic mass is 19.4. The molecule has 1 amide bonds. The zero-order valence-corrected chi connectivity index (χ0v) is 12.4. The Balaban J connectivity index is 1.94. The van der Waals surface area contributed by atoms with Gasteiger partial charge in [0.25, 0.3) is 11.5 Å². The van der Waals surface area contributed by atoms with E-state index in [1.807, 2.05) is 0 Å². The number of benzene rings is 2. The number of aromatic amines is 1. The van der Waals surface area contributed by atoms with Crippen LogP contribution in [0.4, 0.5) is 23.2 Å². The van der Waals surface area contributed by atoms with Gasteiger partial charge in [0.1, 0.15) is 11.4 Å². The molecule has 0 unspecified atom stereocenters. The standard InChI is InChI=1S/C17H10F4N2O2/c18-11-5-4-9-6-13(16(25)23-14(9)8-11)15(24)22-12-3-1-2-10(7-12)17(19,20)21/h1-8H,(H,22,24)(H,23,25). The second kappa shape index (κ2) is 6.04. The number of amides is 1. The van der Waals surface area contributed by atoms with Crippen molar-refractivity contribution >= 4 is 22.5 Å². The predicted octanol–water partition coefficient (Wildman–Crippen LogP) is 3.94. The molecular formula is C17H10F4N2O2. The van der Waals surface area contributed by atoms with Gasteiger partial charge in [-0.05, 0) is 47.9 Å². The van der Waals surface area contributed by atoms with Gasteiger partial charge in [0.05, 0.1) is 11.1 Å². The van der Waals surface area contributed by atoms with Crippen LogP contribution in [-0.4, -0.2) is 10.9 Å². The third-order valence-electron chi connectivity index (χ3n) is 3.50. The topological polar surface area (TPSA) is 62.0 Å². The third-order valence-corrected chi connectivity index (χ3v) is 3.50. The molecule has 3 aromatic rings.